The molecule has 0 bridgehead atoms. The Balaban J connectivity index is 2.49. The van der Waals surface area contributed by atoms with Crippen LogP contribution in [0, 0.1) is 0 Å². The summed E-state index contributed by atoms with van der Waals surface area (Å²) in [4.78, 5) is 24.5. The van der Waals surface area contributed by atoms with Gasteiger partial charge in [0.05, 0.1) is 0 Å². The van der Waals surface area contributed by atoms with Gasteiger partial charge in [0.25, 0.3) is 0 Å². The van der Waals surface area contributed by atoms with E-state index in [0.717, 1.165) is 4.90 Å². The summed E-state index contributed by atoms with van der Waals surface area (Å²) < 4.78 is 0.0509. The zero-order valence-electron chi connectivity index (χ0n) is 9.21. The van der Waals surface area contributed by atoms with Crippen LogP contribution in [0.25, 0.3) is 0 Å². The average molecular weight is 198 g/mol. The van der Waals surface area contributed by atoms with Crippen molar-refractivity contribution in [3.8, 4) is 0 Å². The van der Waals surface area contributed by atoms with Gasteiger partial charge in [0, 0.05) is 7.05 Å². The maximum Gasteiger partial charge on any atom is 0.453 e. The number of imide groups is 1. The van der Waals surface area contributed by atoms with Crippen molar-refractivity contribution in [3.05, 3.63) is 0 Å². The lowest BCUT2D eigenvalue weighted by Crippen LogP contribution is -2.46. The van der Waals surface area contributed by atoms with Crippen molar-refractivity contribution in [2.45, 2.75) is 38.8 Å². The van der Waals surface area contributed by atoms with E-state index in [2.05, 4.69) is 5.43 Å². The van der Waals surface area contributed by atoms with Crippen molar-refractivity contribution in [2.24, 2.45) is 0 Å². The molecule has 1 spiro atoms. The van der Waals surface area contributed by atoms with Crippen LogP contribution in [-0.4, -0.2) is 39.7 Å². The summed E-state index contributed by atoms with van der Waals surface area (Å²) in [6.45, 7) is 7.96. The molecular weight excluding hydrogens is 182 g/mol. The van der Waals surface area contributed by atoms with Crippen molar-refractivity contribution in [1.29, 1.82) is 0 Å². The lowest BCUT2D eigenvalue weighted by Gasteiger charge is -2.11. The number of urea groups is 2. The summed E-state index contributed by atoms with van der Waals surface area (Å²) in [6.07, 6.45) is 0. The van der Waals surface area contributed by atoms with Gasteiger partial charge in [-0.15, -0.1) is 4.59 Å². The van der Waals surface area contributed by atoms with Crippen molar-refractivity contribution in [2.75, 3.05) is 7.05 Å². The SMILES string of the molecule is CN1C(=O)N[N+]2(C1=O)C(C)(C)C2(C)C. The number of amides is 4. The number of carbonyl (C=O) groups excluding carboxylic acids is 2. The molecule has 14 heavy (non-hydrogen) atoms. The normalized spacial score (nSPS) is 30.8. The number of nitrogens with one attached hydrogen (secondary N) is 1. The second-order valence-corrected chi connectivity index (χ2v) is 5.05. The summed E-state index contributed by atoms with van der Waals surface area (Å²) in [5.74, 6) is 0. The van der Waals surface area contributed by atoms with Gasteiger partial charge in [0.2, 0.25) is 0 Å². The Kier molecular flexibility index (Phi) is 1.32. The first-order chi connectivity index (χ1) is 6.20. The van der Waals surface area contributed by atoms with Crippen molar-refractivity contribution < 1.29 is 14.2 Å². The Morgan fingerprint density at radius 2 is 1.57 bits per heavy atom. The van der Waals surface area contributed by atoms with E-state index in [1.165, 1.54) is 7.05 Å². The molecule has 2 rings (SSSR count). The van der Waals surface area contributed by atoms with Crippen LogP contribution in [0.5, 0.6) is 0 Å². The standard InChI is InChI=1S/C9H15N3O2/c1-8(2)9(3,4)12(8)7(14)11(5)6(13)10-12/h1-5H3/p+1. The lowest BCUT2D eigenvalue weighted by molar-refractivity contribution is -0.800. The van der Waals surface area contributed by atoms with E-state index in [0.29, 0.717) is 0 Å². The highest BCUT2D eigenvalue weighted by molar-refractivity contribution is 5.95. The molecule has 2 heterocycles. The van der Waals surface area contributed by atoms with Crippen LogP contribution in [-0.2, 0) is 0 Å². The van der Waals surface area contributed by atoms with Gasteiger partial charge in [-0.25, -0.2) is 14.5 Å². The number of rotatable bonds is 0. The average Bonchev–Trinajstić information content (AvgIpc) is 2.32. The number of nitrogens with zero attached hydrogens (tertiary/aromatic N) is 2. The maximum atomic E-state index is 11.9. The van der Waals surface area contributed by atoms with Gasteiger partial charge in [0.1, 0.15) is 0 Å². The molecule has 1 N–H and O–H groups in total. The highest BCUT2D eigenvalue weighted by Crippen LogP contribution is 2.59. The fraction of sp³-hybridized carbons (Fsp3) is 0.778. The molecule has 0 atom stereocenters. The zero-order valence-corrected chi connectivity index (χ0v) is 9.21. The highest BCUT2D eigenvalue weighted by atomic mass is 16.3. The molecule has 2 aliphatic rings. The van der Waals surface area contributed by atoms with Gasteiger partial charge in [-0.2, -0.15) is 5.43 Å². The summed E-state index contributed by atoms with van der Waals surface area (Å²) in [7, 11) is 1.51. The summed E-state index contributed by atoms with van der Waals surface area (Å²) in [5, 5.41) is 0. The molecule has 5 nitrogen and oxygen atoms in total. The summed E-state index contributed by atoms with van der Waals surface area (Å²) in [5.41, 5.74) is 2.30. The first-order valence-electron chi connectivity index (χ1n) is 4.70. The first kappa shape index (κ1) is 9.45. The van der Waals surface area contributed by atoms with Crippen molar-refractivity contribution >= 4 is 12.1 Å². The monoisotopic (exact) mass is 198 g/mol. The molecule has 2 fully saturated rings. The Bertz CT molecular complexity index is 332. The van der Waals surface area contributed by atoms with E-state index in [9.17, 15) is 9.59 Å². The molecule has 4 amide bonds. The third-order valence-corrected chi connectivity index (χ3v) is 4.27. The van der Waals surface area contributed by atoms with Crippen LogP contribution in [0.1, 0.15) is 27.7 Å². The fourth-order valence-electron chi connectivity index (χ4n) is 2.50. The first-order valence-corrected chi connectivity index (χ1v) is 4.70. The molecule has 78 valence electrons. The highest BCUT2D eigenvalue weighted by Gasteiger charge is 2.89. The minimum absolute atomic E-state index is 0.0509. The van der Waals surface area contributed by atoms with Crippen LogP contribution in [0.4, 0.5) is 9.59 Å². The predicted molar refractivity (Wildman–Crippen MR) is 50.1 cm³/mol. The number of hydrogen-bond donors (Lipinski definition) is 1. The minimum Gasteiger partial charge on any atom is -0.243 e. The van der Waals surface area contributed by atoms with Crippen molar-refractivity contribution in [1.82, 2.24) is 10.3 Å². The van der Waals surface area contributed by atoms with E-state index in [1.807, 2.05) is 27.7 Å². The Morgan fingerprint density at radius 3 is 1.71 bits per heavy atom. The summed E-state index contributed by atoms with van der Waals surface area (Å²) in [6, 6.07) is -0.473. The van der Waals surface area contributed by atoms with Crippen LogP contribution >= 0.6 is 0 Å². The van der Waals surface area contributed by atoms with E-state index >= 15 is 0 Å². The lowest BCUT2D eigenvalue weighted by atomic mass is 10.0. The van der Waals surface area contributed by atoms with E-state index < -0.39 is 0 Å². The van der Waals surface area contributed by atoms with Gasteiger partial charge in [0.15, 0.2) is 11.1 Å². The Morgan fingerprint density at radius 1 is 1.14 bits per heavy atom. The molecule has 0 aliphatic carbocycles. The third-order valence-electron chi connectivity index (χ3n) is 4.27. The van der Waals surface area contributed by atoms with Crippen LogP contribution in [0.2, 0.25) is 0 Å². The molecule has 2 aliphatic heterocycles. The van der Waals surface area contributed by atoms with Gasteiger partial charge < -0.3 is 0 Å². The number of carbonyl (C=O) groups is 2. The van der Waals surface area contributed by atoms with Gasteiger partial charge in [-0.3, -0.25) is 0 Å². The molecule has 0 aromatic carbocycles. The minimum atomic E-state index is -0.311. The second-order valence-electron chi connectivity index (χ2n) is 5.05. The smallest absolute Gasteiger partial charge is 0.243 e. The van der Waals surface area contributed by atoms with Crippen molar-refractivity contribution in [3.63, 3.8) is 0 Å². The third kappa shape index (κ3) is 0.580. The van der Waals surface area contributed by atoms with Gasteiger partial charge in [-0.05, 0) is 27.7 Å². The number of hydrogen-bond acceptors (Lipinski definition) is 2. The molecule has 0 unspecified atom stereocenters. The maximum absolute atomic E-state index is 11.9. The second kappa shape index (κ2) is 1.95. The molecule has 2 saturated heterocycles. The molecule has 0 aromatic rings. The quantitative estimate of drug-likeness (QED) is 0.467. The Labute approximate surface area is 83.2 Å². The van der Waals surface area contributed by atoms with Crippen LogP contribution in [0.15, 0.2) is 0 Å². The topological polar surface area (TPSA) is 49.4 Å². The van der Waals surface area contributed by atoms with Gasteiger partial charge in [-0.1, -0.05) is 0 Å². The van der Waals surface area contributed by atoms with E-state index in [4.69, 9.17) is 0 Å². The van der Waals surface area contributed by atoms with Crippen LogP contribution in [0.3, 0.4) is 0 Å². The predicted octanol–water partition coefficient (Wildman–Crippen LogP) is 1.06. The molecule has 5 heteroatoms. The largest absolute Gasteiger partial charge is 0.453 e. The molecule has 0 radical (unpaired) electrons. The Hall–Kier alpha value is -1.10. The van der Waals surface area contributed by atoms with Gasteiger partial charge >= 0.3 is 12.1 Å². The van der Waals surface area contributed by atoms with E-state index in [1.54, 1.807) is 0 Å². The molecule has 0 aromatic heterocycles. The zero-order chi connectivity index (χ0) is 10.9. The van der Waals surface area contributed by atoms with Crippen LogP contribution < -0.4 is 5.43 Å². The molecule has 0 saturated carbocycles. The fourth-order valence-corrected chi connectivity index (χ4v) is 2.50. The summed E-state index contributed by atoms with van der Waals surface area (Å²) >= 11 is 0. The van der Waals surface area contributed by atoms with E-state index in [-0.39, 0.29) is 27.7 Å². The number of quaternary nitrogens is 1. The molecular formula is C9H16N3O2+.